The van der Waals surface area contributed by atoms with E-state index >= 15 is 0 Å². The van der Waals surface area contributed by atoms with Gasteiger partial charge in [-0.15, -0.1) is 0 Å². The van der Waals surface area contributed by atoms with Crippen LogP contribution in [0.4, 0.5) is 23.0 Å². The molecule has 0 bridgehead atoms. The summed E-state index contributed by atoms with van der Waals surface area (Å²) in [6, 6.07) is 16.2. The molecule has 5 aromatic rings. The molecule has 1 aliphatic rings. The van der Waals surface area contributed by atoms with Crippen LogP contribution >= 0.6 is 0 Å². The molecule has 12 heteroatoms. The molecule has 0 atom stereocenters. The van der Waals surface area contributed by atoms with Crippen LogP contribution in [0.2, 0.25) is 0 Å². The van der Waals surface area contributed by atoms with E-state index in [1.807, 2.05) is 25.1 Å². The molecule has 0 radical (unpaired) electrons. The number of carbonyl (C=O) groups excluding carboxylic acids is 1. The molecule has 0 unspecified atom stereocenters. The Labute approximate surface area is 247 Å². The first kappa shape index (κ1) is 27.9. The number of aryl methyl sites for hydroxylation is 2. The number of anilines is 4. The van der Waals surface area contributed by atoms with Gasteiger partial charge in [0, 0.05) is 44.3 Å². The molecule has 1 amide bonds. The number of imidazole rings is 1. The predicted octanol–water partition coefficient (Wildman–Crippen LogP) is 4.34. The van der Waals surface area contributed by atoms with E-state index in [0.29, 0.717) is 58.7 Å². The minimum Gasteiger partial charge on any atom is -0.487 e. The molecule has 1 fully saturated rings. The molecular weight excluding hydrogens is 548 g/mol. The lowest BCUT2D eigenvalue weighted by molar-refractivity contribution is 0.0695. The summed E-state index contributed by atoms with van der Waals surface area (Å²) in [7, 11) is 1.74. The minimum atomic E-state index is -0.298. The van der Waals surface area contributed by atoms with E-state index in [-0.39, 0.29) is 24.2 Å². The zero-order valence-corrected chi connectivity index (χ0v) is 23.9. The number of hydrogen-bond donors (Lipinski definition) is 3. The summed E-state index contributed by atoms with van der Waals surface area (Å²) in [6.45, 7) is 3.42. The Hall–Kier alpha value is -5.23. The number of benzene rings is 2. The number of nitrogens with two attached hydrogens (primary N) is 1. The van der Waals surface area contributed by atoms with Crippen LogP contribution in [0.15, 0.2) is 71.8 Å². The van der Waals surface area contributed by atoms with Crippen LogP contribution in [0.5, 0.6) is 5.75 Å². The fraction of sp³-hybridized carbons (Fsp3) is 0.258. The summed E-state index contributed by atoms with van der Waals surface area (Å²) in [4.78, 5) is 39.2. The van der Waals surface area contributed by atoms with Crippen LogP contribution in [0, 0.1) is 6.92 Å². The topological polar surface area (TPSA) is 151 Å². The summed E-state index contributed by atoms with van der Waals surface area (Å²) < 4.78 is 14.8. The van der Waals surface area contributed by atoms with Crippen molar-refractivity contribution in [3.05, 3.63) is 94.3 Å². The smallest absolute Gasteiger partial charge is 0.330 e. The van der Waals surface area contributed by atoms with Crippen LogP contribution in [-0.4, -0.2) is 43.2 Å². The van der Waals surface area contributed by atoms with Gasteiger partial charge in [-0.25, -0.2) is 9.78 Å². The van der Waals surface area contributed by atoms with Crippen molar-refractivity contribution in [1.29, 1.82) is 0 Å². The second kappa shape index (κ2) is 11.9. The summed E-state index contributed by atoms with van der Waals surface area (Å²) in [6.07, 6.45) is 4.70. The number of para-hydroxylation sites is 2. The van der Waals surface area contributed by atoms with Crippen molar-refractivity contribution in [3.8, 4) is 5.75 Å². The van der Waals surface area contributed by atoms with E-state index in [0.717, 1.165) is 24.1 Å². The number of hydrogen-bond acceptors (Lipinski definition) is 9. The van der Waals surface area contributed by atoms with Gasteiger partial charge in [0.1, 0.15) is 17.9 Å². The van der Waals surface area contributed by atoms with Crippen LogP contribution in [0.1, 0.15) is 40.5 Å². The SMILES string of the molecule is Cc1ccc(OCc2ccc(C(=O)Nc3ccccc3N)cn2)cc1Nc1ncc2c(n1)n(C1CCOCC1)c(=O)n2C. The second-order valence-corrected chi connectivity index (χ2v) is 10.4. The third kappa shape index (κ3) is 5.90. The summed E-state index contributed by atoms with van der Waals surface area (Å²) in [5.41, 5.74) is 10.9. The van der Waals surface area contributed by atoms with Gasteiger partial charge in [0.2, 0.25) is 5.95 Å². The first-order valence-corrected chi connectivity index (χ1v) is 14.0. The maximum absolute atomic E-state index is 13.0. The molecule has 6 rings (SSSR count). The molecular formula is C31H32N8O4. The fourth-order valence-electron chi connectivity index (χ4n) is 5.02. The van der Waals surface area contributed by atoms with Crippen LogP contribution in [0.3, 0.4) is 0 Å². The number of aromatic nitrogens is 5. The molecule has 1 aliphatic heterocycles. The average molecular weight is 581 g/mol. The molecule has 220 valence electrons. The average Bonchev–Trinajstić information content (AvgIpc) is 3.27. The van der Waals surface area contributed by atoms with Gasteiger partial charge in [-0.1, -0.05) is 18.2 Å². The molecule has 3 aromatic heterocycles. The molecule has 2 aromatic carbocycles. The van der Waals surface area contributed by atoms with E-state index in [4.69, 9.17) is 20.2 Å². The van der Waals surface area contributed by atoms with Gasteiger partial charge in [0.05, 0.1) is 28.8 Å². The number of nitrogen functional groups attached to an aromatic ring is 1. The van der Waals surface area contributed by atoms with Crippen molar-refractivity contribution < 1.29 is 14.3 Å². The van der Waals surface area contributed by atoms with Crippen molar-refractivity contribution in [1.82, 2.24) is 24.1 Å². The Morgan fingerprint density at radius 3 is 2.65 bits per heavy atom. The lowest BCUT2D eigenvalue weighted by Crippen LogP contribution is -2.30. The number of pyridine rings is 1. The number of nitrogens with one attached hydrogen (secondary N) is 2. The second-order valence-electron chi connectivity index (χ2n) is 10.4. The van der Waals surface area contributed by atoms with Crippen LogP contribution in [-0.2, 0) is 18.4 Å². The maximum atomic E-state index is 13.0. The Bertz CT molecular complexity index is 1840. The van der Waals surface area contributed by atoms with Crippen molar-refractivity contribution in [2.75, 3.05) is 29.6 Å². The Morgan fingerprint density at radius 2 is 1.88 bits per heavy atom. The number of fused-ring (bicyclic) bond motifs is 1. The van der Waals surface area contributed by atoms with Gasteiger partial charge in [-0.2, -0.15) is 4.98 Å². The molecule has 1 saturated heterocycles. The van der Waals surface area contributed by atoms with Gasteiger partial charge in [0.15, 0.2) is 5.65 Å². The summed E-state index contributed by atoms with van der Waals surface area (Å²) in [5, 5.41) is 6.08. The zero-order chi connectivity index (χ0) is 29.9. The summed E-state index contributed by atoms with van der Waals surface area (Å²) >= 11 is 0. The molecule has 4 heterocycles. The number of ether oxygens (including phenoxy) is 2. The van der Waals surface area contributed by atoms with Gasteiger partial charge in [0.25, 0.3) is 5.91 Å². The highest BCUT2D eigenvalue weighted by Gasteiger charge is 2.23. The lowest BCUT2D eigenvalue weighted by atomic mass is 10.1. The van der Waals surface area contributed by atoms with E-state index in [1.54, 1.807) is 58.8 Å². The van der Waals surface area contributed by atoms with E-state index < -0.39 is 0 Å². The molecule has 0 saturated carbocycles. The highest BCUT2D eigenvalue weighted by molar-refractivity contribution is 6.05. The van der Waals surface area contributed by atoms with E-state index in [2.05, 4.69) is 20.6 Å². The van der Waals surface area contributed by atoms with Gasteiger partial charge >= 0.3 is 5.69 Å². The molecule has 43 heavy (non-hydrogen) atoms. The maximum Gasteiger partial charge on any atom is 0.330 e. The van der Waals surface area contributed by atoms with E-state index in [9.17, 15) is 9.59 Å². The molecule has 0 aliphatic carbocycles. The van der Waals surface area contributed by atoms with Gasteiger partial charge in [-0.05, 0) is 55.7 Å². The summed E-state index contributed by atoms with van der Waals surface area (Å²) in [5.74, 6) is 0.705. The minimum absolute atomic E-state index is 0.0332. The van der Waals surface area contributed by atoms with Gasteiger partial charge < -0.3 is 25.8 Å². The first-order valence-electron chi connectivity index (χ1n) is 14.0. The Morgan fingerprint density at radius 1 is 1.07 bits per heavy atom. The van der Waals surface area contributed by atoms with Gasteiger partial charge in [-0.3, -0.25) is 18.9 Å². The zero-order valence-electron chi connectivity index (χ0n) is 23.9. The highest BCUT2D eigenvalue weighted by Crippen LogP contribution is 2.27. The number of rotatable bonds is 8. The number of nitrogens with zero attached hydrogens (tertiary/aromatic N) is 5. The van der Waals surface area contributed by atoms with Crippen LogP contribution in [0.25, 0.3) is 11.2 Å². The third-order valence-electron chi connectivity index (χ3n) is 7.53. The Balaban J connectivity index is 1.14. The van der Waals surface area contributed by atoms with Crippen molar-refractivity contribution in [2.45, 2.75) is 32.4 Å². The number of carbonyl (C=O) groups is 1. The van der Waals surface area contributed by atoms with E-state index in [1.165, 1.54) is 6.20 Å². The quantitative estimate of drug-likeness (QED) is 0.228. The monoisotopic (exact) mass is 580 g/mol. The van der Waals surface area contributed by atoms with Crippen molar-refractivity contribution >= 4 is 40.1 Å². The van der Waals surface area contributed by atoms with Crippen molar-refractivity contribution in [3.63, 3.8) is 0 Å². The first-order chi connectivity index (χ1) is 20.9. The highest BCUT2D eigenvalue weighted by atomic mass is 16.5. The predicted molar refractivity (Wildman–Crippen MR) is 164 cm³/mol. The largest absolute Gasteiger partial charge is 0.487 e. The van der Waals surface area contributed by atoms with Crippen LogP contribution < -0.4 is 26.8 Å². The molecule has 4 N–H and O–H groups in total. The normalized spacial score (nSPS) is 13.6. The van der Waals surface area contributed by atoms with Crippen molar-refractivity contribution in [2.24, 2.45) is 7.05 Å². The Kier molecular flexibility index (Phi) is 7.75. The standard InChI is InChI=1S/C31H32N8O4/c1-19-7-10-23(43-18-21-9-8-20(16-33-21)29(40)35-25-6-4-3-5-24(25)32)15-26(19)36-30-34-17-27-28(37-30)39(31(41)38(27)2)22-11-13-42-14-12-22/h3-10,15-17,22H,11-14,18,32H2,1-2H3,(H,35,40)(H,34,36,37). The number of amides is 1. The lowest BCUT2D eigenvalue weighted by Gasteiger charge is -2.22. The fourth-order valence-corrected chi connectivity index (χ4v) is 5.02. The molecule has 12 nitrogen and oxygen atoms in total. The molecule has 0 spiro atoms. The third-order valence-corrected chi connectivity index (χ3v) is 7.53.